The van der Waals surface area contributed by atoms with E-state index in [0.29, 0.717) is 0 Å². The van der Waals surface area contributed by atoms with E-state index in [0.717, 1.165) is 5.56 Å². The fourth-order valence-electron chi connectivity index (χ4n) is 2.01. The molecule has 1 amide bonds. The van der Waals surface area contributed by atoms with Gasteiger partial charge < -0.3 is 10.0 Å². The van der Waals surface area contributed by atoms with E-state index in [9.17, 15) is 14.3 Å². The number of carbonyl (C=O) groups excluding carboxylic acids is 1. The fourth-order valence-corrected chi connectivity index (χ4v) is 2.22. The second-order valence-electron chi connectivity index (χ2n) is 4.78. The van der Waals surface area contributed by atoms with E-state index in [1.54, 1.807) is 31.3 Å². The Balaban J connectivity index is 2.26. The van der Waals surface area contributed by atoms with Crippen LogP contribution in [-0.2, 0) is 0 Å². The molecule has 0 fully saturated rings. The molecule has 0 bridgehead atoms. The number of hydrogen-bond donors (Lipinski definition) is 1. The summed E-state index contributed by atoms with van der Waals surface area (Å²) in [7, 11) is 1.63. The van der Waals surface area contributed by atoms with Crippen molar-refractivity contribution in [1.29, 1.82) is 0 Å². The first-order valence-electron chi connectivity index (χ1n) is 6.42. The number of aromatic hydroxyl groups is 1. The number of rotatable bonds is 3. The van der Waals surface area contributed by atoms with Crippen LogP contribution in [0.15, 0.2) is 42.5 Å². The highest BCUT2D eigenvalue weighted by Gasteiger charge is 2.22. The van der Waals surface area contributed by atoms with Crippen molar-refractivity contribution in [3.8, 4) is 5.75 Å². The molecule has 1 atom stereocenters. The molecule has 2 rings (SSSR count). The van der Waals surface area contributed by atoms with Gasteiger partial charge in [-0.25, -0.2) is 4.39 Å². The van der Waals surface area contributed by atoms with Crippen molar-refractivity contribution in [3.63, 3.8) is 0 Å². The van der Waals surface area contributed by atoms with Crippen LogP contribution in [0.5, 0.6) is 5.75 Å². The number of amides is 1. The topological polar surface area (TPSA) is 40.5 Å². The number of carbonyl (C=O) groups is 1. The minimum Gasteiger partial charge on any atom is -0.508 e. The summed E-state index contributed by atoms with van der Waals surface area (Å²) in [6.45, 7) is 1.84. The lowest BCUT2D eigenvalue weighted by atomic mass is 10.1. The van der Waals surface area contributed by atoms with Crippen molar-refractivity contribution in [2.45, 2.75) is 13.0 Å². The molecule has 1 unspecified atom stereocenters. The van der Waals surface area contributed by atoms with Crippen LogP contribution in [0.2, 0.25) is 5.02 Å². The molecule has 1 N–H and O–H groups in total. The van der Waals surface area contributed by atoms with Gasteiger partial charge in [0.1, 0.15) is 11.6 Å². The average molecular weight is 308 g/mol. The molecular weight excluding hydrogens is 293 g/mol. The molecule has 110 valence electrons. The molecule has 0 spiro atoms. The van der Waals surface area contributed by atoms with Crippen LogP contribution in [0.4, 0.5) is 4.39 Å². The Morgan fingerprint density at radius 3 is 2.48 bits per heavy atom. The molecule has 0 aromatic heterocycles. The van der Waals surface area contributed by atoms with Crippen molar-refractivity contribution in [2.24, 2.45) is 0 Å². The fraction of sp³-hybridized carbons (Fsp3) is 0.188. The van der Waals surface area contributed by atoms with Gasteiger partial charge in [0.25, 0.3) is 5.91 Å². The van der Waals surface area contributed by atoms with E-state index in [1.807, 2.05) is 6.92 Å². The third kappa shape index (κ3) is 3.16. The quantitative estimate of drug-likeness (QED) is 0.930. The lowest BCUT2D eigenvalue weighted by Crippen LogP contribution is -2.30. The van der Waals surface area contributed by atoms with Gasteiger partial charge in [0, 0.05) is 7.05 Å². The smallest absolute Gasteiger partial charge is 0.255 e. The number of halogens is 2. The molecule has 5 heteroatoms. The molecule has 0 saturated heterocycles. The summed E-state index contributed by atoms with van der Waals surface area (Å²) in [6.07, 6.45) is 0. The number of nitrogens with zero attached hydrogens (tertiary/aromatic N) is 1. The Morgan fingerprint density at radius 1 is 1.24 bits per heavy atom. The lowest BCUT2D eigenvalue weighted by molar-refractivity contribution is 0.0742. The summed E-state index contributed by atoms with van der Waals surface area (Å²) in [5.74, 6) is -0.818. The predicted octanol–water partition coefficient (Wildman–Crippen LogP) is 4.02. The van der Waals surface area contributed by atoms with Crippen molar-refractivity contribution in [2.75, 3.05) is 7.05 Å². The Bertz CT molecular complexity index is 658. The standard InChI is InChI=1S/C16H15ClFNO2/c1-10(11-6-8-12(20)9-7-11)19(2)16(21)13-4-3-5-14(18)15(13)17/h3-10,20H,1-2H3. The van der Waals surface area contributed by atoms with Crippen LogP contribution in [0.1, 0.15) is 28.9 Å². The maximum atomic E-state index is 13.4. The van der Waals surface area contributed by atoms with Gasteiger partial charge in [-0.15, -0.1) is 0 Å². The highest BCUT2D eigenvalue weighted by atomic mass is 35.5. The summed E-state index contributed by atoms with van der Waals surface area (Å²) in [5.41, 5.74) is 0.987. The molecular formula is C16H15ClFNO2. The summed E-state index contributed by atoms with van der Waals surface area (Å²) in [6, 6.07) is 10.5. The van der Waals surface area contributed by atoms with Gasteiger partial charge in [-0.05, 0) is 36.8 Å². The molecule has 2 aromatic carbocycles. The molecule has 0 aliphatic carbocycles. The first-order valence-corrected chi connectivity index (χ1v) is 6.79. The van der Waals surface area contributed by atoms with E-state index in [-0.39, 0.29) is 28.3 Å². The average Bonchev–Trinajstić information content (AvgIpc) is 2.48. The SMILES string of the molecule is CC(c1ccc(O)cc1)N(C)C(=O)c1cccc(F)c1Cl. The van der Waals surface area contributed by atoms with Crippen molar-refractivity contribution in [1.82, 2.24) is 4.90 Å². The summed E-state index contributed by atoms with van der Waals surface area (Å²) in [4.78, 5) is 13.9. The summed E-state index contributed by atoms with van der Waals surface area (Å²) < 4.78 is 13.4. The third-order valence-electron chi connectivity index (χ3n) is 3.46. The molecule has 0 saturated carbocycles. The molecule has 2 aromatic rings. The highest BCUT2D eigenvalue weighted by molar-refractivity contribution is 6.34. The zero-order valence-corrected chi connectivity index (χ0v) is 12.4. The van der Waals surface area contributed by atoms with Crippen molar-refractivity contribution in [3.05, 3.63) is 64.4 Å². The maximum absolute atomic E-state index is 13.4. The van der Waals surface area contributed by atoms with E-state index in [1.165, 1.54) is 23.1 Å². The van der Waals surface area contributed by atoms with E-state index >= 15 is 0 Å². The molecule has 0 aliphatic rings. The molecule has 3 nitrogen and oxygen atoms in total. The van der Waals surface area contributed by atoms with Crippen LogP contribution in [0, 0.1) is 5.82 Å². The molecule has 0 aliphatic heterocycles. The van der Waals surface area contributed by atoms with Crippen LogP contribution < -0.4 is 0 Å². The van der Waals surface area contributed by atoms with Crippen LogP contribution in [-0.4, -0.2) is 23.0 Å². The van der Waals surface area contributed by atoms with Gasteiger partial charge in [0.05, 0.1) is 16.6 Å². The zero-order chi connectivity index (χ0) is 15.6. The second-order valence-corrected chi connectivity index (χ2v) is 5.16. The minimum atomic E-state index is -0.617. The minimum absolute atomic E-state index is 0.129. The van der Waals surface area contributed by atoms with Crippen LogP contribution >= 0.6 is 11.6 Å². The van der Waals surface area contributed by atoms with Gasteiger partial charge in [-0.3, -0.25) is 4.79 Å². The first kappa shape index (κ1) is 15.3. The van der Waals surface area contributed by atoms with Crippen molar-refractivity contribution < 1.29 is 14.3 Å². The van der Waals surface area contributed by atoms with Gasteiger partial charge in [0.15, 0.2) is 0 Å². The normalized spacial score (nSPS) is 12.0. The van der Waals surface area contributed by atoms with Gasteiger partial charge >= 0.3 is 0 Å². The second kappa shape index (κ2) is 6.14. The number of phenols is 1. The van der Waals surface area contributed by atoms with E-state index < -0.39 is 5.82 Å². The number of hydrogen-bond acceptors (Lipinski definition) is 2. The summed E-state index contributed by atoms with van der Waals surface area (Å²) >= 11 is 5.85. The van der Waals surface area contributed by atoms with Crippen LogP contribution in [0.25, 0.3) is 0 Å². The van der Waals surface area contributed by atoms with Gasteiger partial charge in [-0.2, -0.15) is 0 Å². The molecule has 21 heavy (non-hydrogen) atoms. The van der Waals surface area contributed by atoms with Gasteiger partial charge in [-0.1, -0.05) is 29.8 Å². The molecule has 0 heterocycles. The molecule has 0 radical (unpaired) electrons. The van der Waals surface area contributed by atoms with Crippen molar-refractivity contribution >= 4 is 17.5 Å². The first-order chi connectivity index (χ1) is 9.91. The predicted molar refractivity (Wildman–Crippen MR) is 80.0 cm³/mol. The number of benzene rings is 2. The van der Waals surface area contributed by atoms with Gasteiger partial charge in [0.2, 0.25) is 0 Å². The zero-order valence-electron chi connectivity index (χ0n) is 11.7. The Hall–Kier alpha value is -2.07. The van der Waals surface area contributed by atoms with E-state index in [2.05, 4.69) is 0 Å². The van der Waals surface area contributed by atoms with E-state index in [4.69, 9.17) is 11.6 Å². The highest BCUT2D eigenvalue weighted by Crippen LogP contribution is 2.26. The Kier molecular flexibility index (Phi) is 4.48. The monoisotopic (exact) mass is 307 g/mol. The summed E-state index contributed by atoms with van der Waals surface area (Å²) in [5, 5.41) is 9.12. The lowest BCUT2D eigenvalue weighted by Gasteiger charge is -2.26. The third-order valence-corrected chi connectivity index (χ3v) is 3.84. The maximum Gasteiger partial charge on any atom is 0.255 e. The Morgan fingerprint density at radius 2 is 1.86 bits per heavy atom. The number of phenolic OH excluding ortho intramolecular Hbond substituents is 1. The Labute approximate surface area is 127 Å². The largest absolute Gasteiger partial charge is 0.508 e. The van der Waals surface area contributed by atoms with Crippen LogP contribution in [0.3, 0.4) is 0 Å².